The van der Waals surface area contributed by atoms with Gasteiger partial charge in [0.2, 0.25) is 0 Å². The van der Waals surface area contributed by atoms with Crippen LogP contribution in [0.25, 0.3) is 0 Å². The van der Waals surface area contributed by atoms with Gasteiger partial charge in [-0.3, -0.25) is 4.79 Å². The summed E-state index contributed by atoms with van der Waals surface area (Å²) < 4.78 is 4.39. The van der Waals surface area contributed by atoms with Crippen molar-refractivity contribution in [2.24, 2.45) is 0 Å². The summed E-state index contributed by atoms with van der Waals surface area (Å²) >= 11 is 0. The minimum atomic E-state index is -1.28. The molecule has 1 aliphatic rings. The van der Waals surface area contributed by atoms with Crippen molar-refractivity contribution in [1.29, 1.82) is 0 Å². The molecule has 0 bridgehead atoms. The highest BCUT2D eigenvalue weighted by molar-refractivity contribution is 5.86. The van der Waals surface area contributed by atoms with Crippen LogP contribution in [-0.4, -0.2) is 67.3 Å². The van der Waals surface area contributed by atoms with Crippen LogP contribution < -0.4 is 10.6 Å². The highest BCUT2D eigenvalue weighted by Gasteiger charge is 2.23. The number of methoxy groups -OCH3 is 1. The molecule has 0 spiro atoms. The number of carbonyl (C=O) groups excluding carboxylic acids is 2. The molecule has 120 valence electrons. The maximum atomic E-state index is 11.6. The normalized spacial score (nSPS) is 16.2. The van der Waals surface area contributed by atoms with E-state index in [0.29, 0.717) is 6.54 Å². The number of carboxylic acid groups (broad SMARTS) is 1. The van der Waals surface area contributed by atoms with Crippen LogP contribution in [0, 0.1) is 0 Å². The van der Waals surface area contributed by atoms with Crippen molar-refractivity contribution < 1.29 is 24.2 Å². The van der Waals surface area contributed by atoms with E-state index in [-0.39, 0.29) is 0 Å². The van der Waals surface area contributed by atoms with Crippen LogP contribution in [-0.2, 0) is 14.3 Å². The third-order valence-corrected chi connectivity index (χ3v) is 3.34. The molecule has 0 aliphatic carbocycles. The number of hydrogen-bond donors (Lipinski definition) is 3. The second-order valence-corrected chi connectivity index (χ2v) is 4.97. The summed E-state index contributed by atoms with van der Waals surface area (Å²) in [6.07, 6.45) is 2.86. The number of amides is 2. The number of urea groups is 1. The highest BCUT2D eigenvalue weighted by Crippen LogP contribution is 2.06. The number of rotatable bonds is 8. The van der Waals surface area contributed by atoms with Crippen LogP contribution in [0.2, 0.25) is 0 Å². The molecule has 0 radical (unpaired) electrons. The molecule has 0 unspecified atom stereocenters. The van der Waals surface area contributed by atoms with Crippen molar-refractivity contribution in [3.63, 3.8) is 0 Å². The quantitative estimate of drug-likeness (QED) is 0.423. The highest BCUT2D eigenvalue weighted by atomic mass is 16.5. The number of ether oxygens (including phenoxy) is 1. The van der Waals surface area contributed by atoms with E-state index in [4.69, 9.17) is 5.11 Å². The Hall–Kier alpha value is -1.83. The molecule has 0 aromatic heterocycles. The number of nitrogens with one attached hydrogen (secondary N) is 2. The molecular weight excluding hydrogens is 278 g/mol. The second-order valence-electron chi connectivity index (χ2n) is 4.97. The molecular formula is C13H23N3O5. The number of hydrogen-bond acceptors (Lipinski definition) is 5. The van der Waals surface area contributed by atoms with Gasteiger partial charge in [0, 0.05) is 6.54 Å². The van der Waals surface area contributed by atoms with Gasteiger partial charge >= 0.3 is 18.0 Å². The van der Waals surface area contributed by atoms with Crippen molar-refractivity contribution in [1.82, 2.24) is 15.5 Å². The van der Waals surface area contributed by atoms with Gasteiger partial charge in [-0.05, 0) is 38.9 Å². The smallest absolute Gasteiger partial charge is 0.326 e. The SMILES string of the molecule is COC(=O)C[C@H](NC(=O)NCCCN1CCCC1)C(=O)O. The van der Waals surface area contributed by atoms with E-state index in [9.17, 15) is 14.4 Å². The number of aliphatic carboxylic acids is 1. The standard InChI is InChI=1S/C13H23N3O5/c1-21-11(17)9-10(12(18)19)15-13(20)14-5-4-8-16-6-2-3-7-16/h10H,2-9H2,1H3,(H,18,19)(H2,14,15,20)/t10-/m0/s1. The number of carboxylic acids is 1. The van der Waals surface area contributed by atoms with E-state index in [1.165, 1.54) is 20.0 Å². The first kappa shape index (κ1) is 17.2. The Bertz CT molecular complexity index is 369. The first-order chi connectivity index (χ1) is 10.0. The van der Waals surface area contributed by atoms with Crippen LogP contribution >= 0.6 is 0 Å². The molecule has 0 saturated carbocycles. The average molecular weight is 301 g/mol. The first-order valence-corrected chi connectivity index (χ1v) is 7.09. The average Bonchev–Trinajstić information content (AvgIpc) is 2.95. The fraction of sp³-hybridized carbons (Fsp3) is 0.769. The zero-order valence-corrected chi connectivity index (χ0v) is 12.3. The predicted molar refractivity (Wildman–Crippen MR) is 74.9 cm³/mol. The molecule has 0 aromatic carbocycles. The minimum Gasteiger partial charge on any atom is -0.480 e. The fourth-order valence-electron chi connectivity index (χ4n) is 2.17. The van der Waals surface area contributed by atoms with Gasteiger partial charge in [0.25, 0.3) is 0 Å². The first-order valence-electron chi connectivity index (χ1n) is 7.09. The number of esters is 1. The zero-order chi connectivity index (χ0) is 15.7. The van der Waals surface area contributed by atoms with Crippen molar-refractivity contribution >= 4 is 18.0 Å². The summed E-state index contributed by atoms with van der Waals surface area (Å²) in [5.74, 6) is -1.95. The minimum absolute atomic E-state index is 0.396. The Morgan fingerprint density at radius 1 is 1.29 bits per heavy atom. The topological polar surface area (TPSA) is 108 Å². The van der Waals surface area contributed by atoms with Crippen LogP contribution in [0.5, 0.6) is 0 Å². The van der Waals surface area contributed by atoms with Gasteiger partial charge in [0.05, 0.1) is 13.5 Å². The van der Waals surface area contributed by atoms with E-state index < -0.39 is 30.4 Å². The van der Waals surface area contributed by atoms with E-state index in [1.807, 2.05) is 0 Å². The molecule has 8 nitrogen and oxygen atoms in total. The van der Waals surface area contributed by atoms with Crippen molar-refractivity contribution in [3.8, 4) is 0 Å². The maximum Gasteiger partial charge on any atom is 0.326 e. The molecule has 1 fully saturated rings. The van der Waals surface area contributed by atoms with E-state index in [2.05, 4.69) is 20.3 Å². The van der Waals surface area contributed by atoms with Gasteiger partial charge in [-0.15, -0.1) is 0 Å². The lowest BCUT2D eigenvalue weighted by molar-refractivity contribution is -0.147. The lowest BCUT2D eigenvalue weighted by Crippen LogP contribution is -2.47. The Morgan fingerprint density at radius 3 is 2.52 bits per heavy atom. The van der Waals surface area contributed by atoms with Crippen LogP contribution in [0.15, 0.2) is 0 Å². The van der Waals surface area contributed by atoms with Gasteiger partial charge in [-0.2, -0.15) is 0 Å². The predicted octanol–water partition coefficient (Wildman–Crippen LogP) is -0.212. The molecule has 1 rings (SSSR count). The Balaban J connectivity index is 2.20. The molecule has 2 amide bonds. The third-order valence-electron chi connectivity index (χ3n) is 3.34. The number of likely N-dealkylation sites (tertiary alicyclic amines) is 1. The number of carbonyl (C=O) groups is 3. The zero-order valence-electron chi connectivity index (χ0n) is 12.3. The Morgan fingerprint density at radius 2 is 1.95 bits per heavy atom. The van der Waals surface area contributed by atoms with Gasteiger partial charge in [-0.25, -0.2) is 9.59 Å². The van der Waals surface area contributed by atoms with E-state index >= 15 is 0 Å². The molecule has 0 aromatic rings. The fourth-order valence-corrected chi connectivity index (χ4v) is 2.17. The van der Waals surface area contributed by atoms with Crippen molar-refractivity contribution in [3.05, 3.63) is 0 Å². The van der Waals surface area contributed by atoms with Gasteiger partial charge < -0.3 is 25.4 Å². The van der Waals surface area contributed by atoms with Crippen LogP contribution in [0.1, 0.15) is 25.7 Å². The summed E-state index contributed by atoms with van der Waals surface area (Å²) in [7, 11) is 1.17. The summed E-state index contributed by atoms with van der Waals surface area (Å²) in [5.41, 5.74) is 0. The third kappa shape index (κ3) is 6.94. The van der Waals surface area contributed by atoms with Gasteiger partial charge in [0.15, 0.2) is 0 Å². The summed E-state index contributed by atoms with van der Waals surface area (Å²) in [6, 6.07) is -1.87. The lowest BCUT2D eigenvalue weighted by Gasteiger charge is -2.16. The van der Waals surface area contributed by atoms with Crippen molar-refractivity contribution in [2.75, 3.05) is 33.3 Å². The molecule has 8 heteroatoms. The monoisotopic (exact) mass is 301 g/mol. The van der Waals surface area contributed by atoms with Gasteiger partial charge in [-0.1, -0.05) is 0 Å². The molecule has 21 heavy (non-hydrogen) atoms. The molecule has 1 atom stereocenters. The Labute approximate surface area is 123 Å². The summed E-state index contributed by atoms with van der Waals surface area (Å²) in [4.78, 5) is 35.9. The van der Waals surface area contributed by atoms with Crippen LogP contribution in [0.4, 0.5) is 4.79 Å². The van der Waals surface area contributed by atoms with Gasteiger partial charge in [0.1, 0.15) is 6.04 Å². The van der Waals surface area contributed by atoms with E-state index in [1.54, 1.807) is 0 Å². The Kier molecular flexibility index (Phi) is 7.52. The molecule has 1 heterocycles. The summed E-state index contributed by atoms with van der Waals surface area (Å²) in [5, 5.41) is 13.8. The maximum absolute atomic E-state index is 11.6. The van der Waals surface area contributed by atoms with E-state index in [0.717, 1.165) is 26.1 Å². The largest absolute Gasteiger partial charge is 0.480 e. The molecule has 3 N–H and O–H groups in total. The lowest BCUT2D eigenvalue weighted by atomic mass is 10.2. The number of nitrogens with zero attached hydrogens (tertiary/aromatic N) is 1. The van der Waals surface area contributed by atoms with Crippen molar-refractivity contribution in [2.45, 2.75) is 31.7 Å². The second kappa shape index (κ2) is 9.17. The summed E-state index contributed by atoms with van der Waals surface area (Å²) in [6.45, 7) is 3.59. The molecule has 1 aliphatic heterocycles. The van der Waals surface area contributed by atoms with Crippen LogP contribution in [0.3, 0.4) is 0 Å². The molecule has 1 saturated heterocycles.